The number of carbonyl (C=O) groups is 1. The molecule has 1 saturated heterocycles. The minimum atomic E-state index is -0.169. The Hall–Kier alpha value is -2.46. The van der Waals surface area contributed by atoms with E-state index in [9.17, 15) is 4.79 Å². The molecule has 8 nitrogen and oxygen atoms in total. The zero-order chi connectivity index (χ0) is 25.2. The van der Waals surface area contributed by atoms with Gasteiger partial charge in [-0.3, -0.25) is 9.69 Å². The molecule has 0 bridgehead atoms. The van der Waals surface area contributed by atoms with Crippen molar-refractivity contribution in [2.45, 2.75) is 32.7 Å². The Kier molecular flexibility index (Phi) is 7.62. The summed E-state index contributed by atoms with van der Waals surface area (Å²) in [5, 5.41) is 4.57. The van der Waals surface area contributed by atoms with E-state index in [1.165, 1.54) is 10.4 Å². The fraction of sp³-hybridized carbons (Fsp3) is 0.500. The SMILES string of the molecule is COc1ccc(Cl)cc1NC(=O)CN(C)c1nc(CN2CCOCC2)nc2sc3c(c12)CCC(C)C3. The number of nitrogens with one attached hydrogen (secondary N) is 1. The number of morpholine rings is 1. The number of carbonyl (C=O) groups excluding carboxylic acids is 1. The van der Waals surface area contributed by atoms with E-state index in [-0.39, 0.29) is 12.5 Å². The first-order valence-electron chi connectivity index (χ1n) is 12.4. The van der Waals surface area contributed by atoms with Crippen molar-refractivity contribution in [2.75, 3.05) is 57.2 Å². The highest BCUT2D eigenvalue weighted by molar-refractivity contribution is 7.19. The monoisotopic (exact) mass is 529 g/mol. The average molecular weight is 530 g/mol. The Bertz CT molecular complexity index is 1260. The van der Waals surface area contributed by atoms with Gasteiger partial charge in [0.15, 0.2) is 0 Å². The predicted octanol–water partition coefficient (Wildman–Crippen LogP) is 4.39. The van der Waals surface area contributed by atoms with E-state index in [1.54, 1.807) is 36.6 Å². The number of aryl methyl sites for hydroxylation is 1. The minimum Gasteiger partial charge on any atom is -0.495 e. The number of rotatable bonds is 7. The Morgan fingerprint density at radius 1 is 1.33 bits per heavy atom. The maximum Gasteiger partial charge on any atom is 0.244 e. The zero-order valence-corrected chi connectivity index (χ0v) is 22.5. The predicted molar refractivity (Wildman–Crippen MR) is 145 cm³/mol. The summed E-state index contributed by atoms with van der Waals surface area (Å²) in [6.45, 7) is 6.32. The third-order valence-electron chi connectivity index (χ3n) is 6.83. The van der Waals surface area contributed by atoms with Crippen LogP contribution in [0, 0.1) is 5.92 Å². The Labute approximate surface area is 220 Å². The molecular formula is C26H32ClN5O3S. The molecule has 3 aromatic rings. The van der Waals surface area contributed by atoms with Gasteiger partial charge in [0.1, 0.15) is 22.2 Å². The van der Waals surface area contributed by atoms with Crippen LogP contribution < -0.4 is 15.0 Å². The Morgan fingerprint density at radius 2 is 2.14 bits per heavy atom. The summed E-state index contributed by atoms with van der Waals surface area (Å²) in [6, 6.07) is 5.17. The number of thiophene rings is 1. The molecule has 1 amide bonds. The van der Waals surface area contributed by atoms with Crippen LogP contribution in [0.25, 0.3) is 10.2 Å². The Balaban J connectivity index is 1.44. The van der Waals surface area contributed by atoms with Crippen molar-refractivity contribution in [3.8, 4) is 5.75 Å². The van der Waals surface area contributed by atoms with E-state index in [2.05, 4.69) is 17.1 Å². The summed E-state index contributed by atoms with van der Waals surface area (Å²) in [7, 11) is 3.49. The summed E-state index contributed by atoms with van der Waals surface area (Å²) >= 11 is 7.93. The molecule has 10 heteroatoms. The minimum absolute atomic E-state index is 0.139. The number of aromatic nitrogens is 2. The first-order valence-corrected chi connectivity index (χ1v) is 13.6. The highest BCUT2D eigenvalue weighted by Gasteiger charge is 2.26. The second kappa shape index (κ2) is 10.9. The largest absolute Gasteiger partial charge is 0.495 e. The highest BCUT2D eigenvalue weighted by Crippen LogP contribution is 2.41. The highest BCUT2D eigenvalue weighted by atomic mass is 35.5. The lowest BCUT2D eigenvalue weighted by molar-refractivity contribution is -0.114. The number of halogens is 1. The maximum atomic E-state index is 13.1. The average Bonchev–Trinajstić information content (AvgIpc) is 3.21. The second-order valence-electron chi connectivity index (χ2n) is 9.63. The van der Waals surface area contributed by atoms with E-state index in [4.69, 9.17) is 31.0 Å². The van der Waals surface area contributed by atoms with E-state index in [0.717, 1.165) is 67.4 Å². The van der Waals surface area contributed by atoms with Crippen LogP contribution >= 0.6 is 22.9 Å². The lowest BCUT2D eigenvalue weighted by Gasteiger charge is -2.26. The summed E-state index contributed by atoms with van der Waals surface area (Å²) in [6.07, 6.45) is 3.26. The van der Waals surface area contributed by atoms with Crippen molar-refractivity contribution >= 4 is 50.6 Å². The van der Waals surface area contributed by atoms with Crippen molar-refractivity contribution < 1.29 is 14.3 Å². The van der Waals surface area contributed by atoms with Crippen LogP contribution in [-0.4, -0.2) is 67.8 Å². The topological polar surface area (TPSA) is 79.8 Å². The zero-order valence-electron chi connectivity index (χ0n) is 21.0. The van der Waals surface area contributed by atoms with E-state index >= 15 is 0 Å². The number of fused-ring (bicyclic) bond motifs is 3. The molecule has 0 saturated carbocycles. The Morgan fingerprint density at radius 3 is 2.92 bits per heavy atom. The number of methoxy groups -OCH3 is 1. The van der Waals surface area contributed by atoms with Crippen molar-refractivity contribution in [2.24, 2.45) is 5.92 Å². The number of benzene rings is 1. The van der Waals surface area contributed by atoms with Gasteiger partial charge in [-0.1, -0.05) is 18.5 Å². The molecule has 1 aliphatic carbocycles. The molecule has 2 aromatic heterocycles. The van der Waals surface area contributed by atoms with E-state index in [0.29, 0.717) is 28.9 Å². The third kappa shape index (κ3) is 5.44. The molecule has 0 spiro atoms. The van der Waals surface area contributed by atoms with Crippen LogP contribution in [0.5, 0.6) is 5.75 Å². The quantitative estimate of drug-likeness (QED) is 0.486. The van der Waals surface area contributed by atoms with Gasteiger partial charge in [-0.15, -0.1) is 11.3 Å². The fourth-order valence-corrected chi connectivity index (χ4v) is 6.50. The van der Waals surface area contributed by atoms with Gasteiger partial charge in [0.2, 0.25) is 5.91 Å². The van der Waals surface area contributed by atoms with Crippen molar-refractivity contribution in [3.05, 3.63) is 39.5 Å². The molecule has 36 heavy (non-hydrogen) atoms. The first-order chi connectivity index (χ1) is 17.4. The van der Waals surface area contributed by atoms with Crippen LogP contribution in [0.1, 0.15) is 29.6 Å². The van der Waals surface area contributed by atoms with Crippen LogP contribution in [0.2, 0.25) is 5.02 Å². The molecule has 1 atom stereocenters. The van der Waals surface area contributed by atoms with Gasteiger partial charge in [0, 0.05) is 30.0 Å². The summed E-state index contributed by atoms with van der Waals surface area (Å²) in [5.74, 6) is 2.68. The summed E-state index contributed by atoms with van der Waals surface area (Å²) in [4.78, 5) is 29.8. The normalized spacial score (nSPS) is 18.2. The number of likely N-dealkylation sites (N-methyl/N-ethyl adjacent to an activating group) is 1. The van der Waals surface area contributed by atoms with Gasteiger partial charge in [0.05, 0.1) is 44.5 Å². The van der Waals surface area contributed by atoms with Crippen molar-refractivity contribution in [1.82, 2.24) is 14.9 Å². The molecule has 1 aromatic carbocycles. The van der Waals surface area contributed by atoms with Crippen molar-refractivity contribution in [1.29, 1.82) is 0 Å². The van der Waals surface area contributed by atoms with Crippen LogP contribution in [0.4, 0.5) is 11.5 Å². The molecule has 1 aliphatic heterocycles. The first kappa shape index (κ1) is 25.2. The van der Waals surface area contributed by atoms with Crippen LogP contribution in [0.3, 0.4) is 0 Å². The lowest BCUT2D eigenvalue weighted by atomic mass is 9.89. The fourth-order valence-electron chi connectivity index (χ4n) is 4.93. The van der Waals surface area contributed by atoms with Gasteiger partial charge in [0.25, 0.3) is 0 Å². The molecule has 1 N–H and O–H groups in total. The molecule has 5 rings (SSSR count). The molecule has 0 radical (unpaired) electrons. The van der Waals surface area contributed by atoms with Gasteiger partial charge in [-0.2, -0.15) is 0 Å². The molecule has 192 valence electrons. The number of nitrogens with zero attached hydrogens (tertiary/aromatic N) is 4. The number of amides is 1. The molecule has 1 fully saturated rings. The second-order valence-corrected chi connectivity index (χ2v) is 11.2. The van der Waals surface area contributed by atoms with Gasteiger partial charge < -0.3 is 19.7 Å². The standard InChI is InChI=1S/C26H32ClN5O3S/c1-16-4-6-18-21(12-16)36-26-24(18)25(29-22(30-26)14-32-8-10-35-11-9-32)31(2)15-23(33)28-19-13-17(27)5-7-20(19)34-3/h5,7,13,16H,4,6,8-12,14-15H2,1-3H3,(H,28,33). The lowest BCUT2D eigenvalue weighted by Crippen LogP contribution is -2.36. The number of hydrogen-bond acceptors (Lipinski definition) is 8. The summed E-state index contributed by atoms with van der Waals surface area (Å²) in [5.41, 5.74) is 1.90. The van der Waals surface area contributed by atoms with E-state index < -0.39 is 0 Å². The number of anilines is 2. The van der Waals surface area contributed by atoms with Gasteiger partial charge in [-0.25, -0.2) is 9.97 Å². The maximum absolute atomic E-state index is 13.1. The van der Waals surface area contributed by atoms with Gasteiger partial charge >= 0.3 is 0 Å². The molecule has 1 unspecified atom stereocenters. The molecular weight excluding hydrogens is 498 g/mol. The molecule has 3 heterocycles. The van der Waals surface area contributed by atoms with Crippen LogP contribution in [0.15, 0.2) is 18.2 Å². The van der Waals surface area contributed by atoms with Gasteiger partial charge in [-0.05, 0) is 48.9 Å². The summed E-state index contributed by atoms with van der Waals surface area (Å²) < 4.78 is 10.9. The smallest absolute Gasteiger partial charge is 0.244 e. The third-order valence-corrected chi connectivity index (χ3v) is 8.21. The molecule has 2 aliphatic rings. The van der Waals surface area contributed by atoms with E-state index in [1.807, 2.05) is 11.9 Å². The van der Waals surface area contributed by atoms with Crippen LogP contribution in [-0.2, 0) is 28.9 Å². The number of hydrogen-bond donors (Lipinski definition) is 1. The van der Waals surface area contributed by atoms with Crippen molar-refractivity contribution in [3.63, 3.8) is 0 Å². The number of ether oxygens (including phenoxy) is 2.